The van der Waals surface area contributed by atoms with E-state index in [2.05, 4.69) is 15.6 Å². The van der Waals surface area contributed by atoms with Gasteiger partial charge in [-0.25, -0.2) is 0 Å². The minimum Gasteiger partial charge on any atom is -0.369 e. The molecule has 174 valence electrons. The molecule has 1 saturated carbocycles. The summed E-state index contributed by atoms with van der Waals surface area (Å²) in [5.41, 5.74) is 5.08. The van der Waals surface area contributed by atoms with Gasteiger partial charge in [-0.05, 0) is 37.3 Å². The molecule has 1 aromatic rings. The molecule has 0 atom stereocenters. The predicted octanol–water partition coefficient (Wildman–Crippen LogP) is 2.86. The van der Waals surface area contributed by atoms with E-state index in [-0.39, 0.29) is 47.9 Å². The summed E-state index contributed by atoms with van der Waals surface area (Å²) in [6, 6.07) is 5.91. The summed E-state index contributed by atoms with van der Waals surface area (Å²) in [5.74, 6) is 0.334. The summed E-state index contributed by atoms with van der Waals surface area (Å²) in [6.07, 6.45) is 0.102. The number of guanidine groups is 1. The van der Waals surface area contributed by atoms with E-state index >= 15 is 0 Å². The van der Waals surface area contributed by atoms with Gasteiger partial charge in [0.15, 0.2) is 5.96 Å². The quantitative estimate of drug-likeness (QED) is 0.288. The van der Waals surface area contributed by atoms with E-state index in [1.54, 1.807) is 13.1 Å². The summed E-state index contributed by atoms with van der Waals surface area (Å²) in [7, 11) is 1.69. The van der Waals surface area contributed by atoms with E-state index in [9.17, 15) is 18.0 Å². The molecular weight excluding hydrogens is 522 g/mol. The molecule has 31 heavy (non-hydrogen) atoms. The number of amides is 1. The third kappa shape index (κ3) is 6.71. The van der Waals surface area contributed by atoms with E-state index in [0.29, 0.717) is 12.5 Å². The molecular formula is C21H31F3IN5O. The number of nitrogens with one attached hydrogen (secondary N) is 2. The Morgan fingerprint density at radius 3 is 2.48 bits per heavy atom. The highest BCUT2D eigenvalue weighted by molar-refractivity contribution is 14.0. The van der Waals surface area contributed by atoms with Crippen LogP contribution in [-0.2, 0) is 16.4 Å². The van der Waals surface area contributed by atoms with Crippen LogP contribution < -0.4 is 16.4 Å². The summed E-state index contributed by atoms with van der Waals surface area (Å²) in [5, 5.41) is 6.73. The first kappa shape index (κ1) is 25.7. The molecule has 0 radical (unpaired) electrons. The number of alkyl halides is 3. The lowest BCUT2D eigenvalue weighted by Gasteiger charge is -2.43. The lowest BCUT2D eigenvalue weighted by Crippen LogP contribution is -2.53. The zero-order valence-corrected chi connectivity index (χ0v) is 20.0. The van der Waals surface area contributed by atoms with Gasteiger partial charge in [-0.2, -0.15) is 13.2 Å². The van der Waals surface area contributed by atoms with Crippen molar-refractivity contribution in [2.75, 3.05) is 33.2 Å². The van der Waals surface area contributed by atoms with Crippen molar-refractivity contribution in [1.29, 1.82) is 0 Å². The first-order valence-corrected chi connectivity index (χ1v) is 10.4. The highest BCUT2D eigenvalue weighted by atomic mass is 127. The number of carbonyl (C=O) groups excluding carboxylic acids is 1. The lowest BCUT2D eigenvalue weighted by atomic mass is 9.64. The molecule has 0 unspecified atom stereocenters. The highest BCUT2D eigenvalue weighted by Crippen LogP contribution is 2.44. The third-order valence-electron chi connectivity index (χ3n) is 6.24. The highest BCUT2D eigenvalue weighted by Gasteiger charge is 2.40. The summed E-state index contributed by atoms with van der Waals surface area (Å²) < 4.78 is 39.4. The molecule has 1 aromatic carbocycles. The maximum absolute atomic E-state index is 13.1. The van der Waals surface area contributed by atoms with E-state index < -0.39 is 11.7 Å². The van der Waals surface area contributed by atoms with Crippen LogP contribution >= 0.6 is 24.0 Å². The standard InChI is InChI=1S/C21H30F3N5O.HI/c1-26-19(28-17-6-10-29(11-7-17)13-18(25)30)27-14-20(8-3-9-20)15-4-2-5-16(12-15)21(22,23)24;/h2,4-5,12,17H,3,6-11,13-14H2,1H3,(H2,25,30)(H2,26,27,28);1H. The van der Waals surface area contributed by atoms with E-state index in [4.69, 9.17) is 5.73 Å². The molecule has 10 heteroatoms. The number of aliphatic imine (C=N–C) groups is 1. The molecule has 0 aromatic heterocycles. The number of carbonyl (C=O) groups is 1. The largest absolute Gasteiger partial charge is 0.416 e. The zero-order chi connectivity index (χ0) is 21.8. The third-order valence-corrected chi connectivity index (χ3v) is 6.24. The summed E-state index contributed by atoms with van der Waals surface area (Å²) >= 11 is 0. The van der Waals surface area contributed by atoms with Gasteiger partial charge in [-0.15, -0.1) is 24.0 Å². The van der Waals surface area contributed by atoms with Gasteiger partial charge in [0, 0.05) is 38.1 Å². The average molecular weight is 553 g/mol. The van der Waals surface area contributed by atoms with Crippen LogP contribution in [0.15, 0.2) is 29.3 Å². The normalized spacial score (nSPS) is 19.8. The number of benzene rings is 1. The number of hydrogen-bond donors (Lipinski definition) is 3. The molecule has 1 saturated heterocycles. The first-order valence-electron chi connectivity index (χ1n) is 10.4. The van der Waals surface area contributed by atoms with Gasteiger partial charge in [-0.1, -0.05) is 24.6 Å². The lowest BCUT2D eigenvalue weighted by molar-refractivity contribution is -0.137. The fourth-order valence-corrected chi connectivity index (χ4v) is 4.29. The number of nitrogens with two attached hydrogens (primary N) is 1. The maximum Gasteiger partial charge on any atom is 0.416 e. The molecule has 1 aliphatic heterocycles. The monoisotopic (exact) mass is 553 g/mol. The van der Waals surface area contributed by atoms with Gasteiger partial charge >= 0.3 is 6.18 Å². The molecule has 4 N–H and O–H groups in total. The molecule has 6 nitrogen and oxygen atoms in total. The molecule has 0 bridgehead atoms. The van der Waals surface area contributed by atoms with Crippen molar-refractivity contribution in [2.45, 2.75) is 49.7 Å². The number of nitrogens with zero attached hydrogens (tertiary/aromatic N) is 2. The predicted molar refractivity (Wildman–Crippen MR) is 126 cm³/mol. The first-order chi connectivity index (χ1) is 14.2. The molecule has 1 heterocycles. The number of hydrogen-bond acceptors (Lipinski definition) is 3. The second kappa shape index (κ2) is 10.8. The van der Waals surface area contributed by atoms with Crippen LogP contribution in [0.2, 0.25) is 0 Å². The van der Waals surface area contributed by atoms with E-state index in [0.717, 1.165) is 56.8 Å². The molecule has 2 aliphatic rings. The topological polar surface area (TPSA) is 82.8 Å². The van der Waals surface area contributed by atoms with Crippen LogP contribution in [0.5, 0.6) is 0 Å². The number of rotatable bonds is 6. The Bertz CT molecular complexity index is 775. The Kier molecular flexibility index (Phi) is 8.99. The minimum atomic E-state index is -4.34. The molecule has 0 spiro atoms. The van der Waals surface area contributed by atoms with Gasteiger partial charge in [0.1, 0.15) is 0 Å². The Labute approximate surface area is 198 Å². The molecule has 1 aliphatic carbocycles. The minimum absolute atomic E-state index is 0. The van der Waals surface area contributed by atoms with E-state index in [1.165, 1.54) is 12.1 Å². The van der Waals surface area contributed by atoms with Gasteiger partial charge in [0.05, 0.1) is 12.1 Å². The second-order valence-corrected chi connectivity index (χ2v) is 8.30. The van der Waals surface area contributed by atoms with Gasteiger partial charge in [0.2, 0.25) is 5.91 Å². The fraction of sp³-hybridized carbons (Fsp3) is 0.619. The summed E-state index contributed by atoms with van der Waals surface area (Å²) in [6.45, 7) is 2.38. The second-order valence-electron chi connectivity index (χ2n) is 8.30. The zero-order valence-electron chi connectivity index (χ0n) is 17.7. The Hall–Kier alpha value is -1.56. The molecule has 1 amide bonds. The summed E-state index contributed by atoms with van der Waals surface area (Å²) in [4.78, 5) is 17.4. The smallest absolute Gasteiger partial charge is 0.369 e. The van der Waals surface area contributed by atoms with E-state index in [1.807, 2.05) is 4.90 Å². The molecule has 3 rings (SSSR count). The van der Waals surface area contributed by atoms with Crippen molar-refractivity contribution < 1.29 is 18.0 Å². The van der Waals surface area contributed by atoms with Crippen LogP contribution in [-0.4, -0.2) is 56.0 Å². The average Bonchev–Trinajstić information content (AvgIpc) is 2.66. The van der Waals surface area contributed by atoms with Gasteiger partial charge in [-0.3, -0.25) is 14.7 Å². The number of piperidine rings is 1. The van der Waals surface area contributed by atoms with Crippen LogP contribution in [0.1, 0.15) is 43.2 Å². The van der Waals surface area contributed by atoms with Crippen LogP contribution in [0.3, 0.4) is 0 Å². The number of likely N-dealkylation sites (tertiary alicyclic amines) is 1. The van der Waals surface area contributed by atoms with Crippen LogP contribution in [0, 0.1) is 0 Å². The van der Waals surface area contributed by atoms with Crippen molar-refractivity contribution in [2.24, 2.45) is 10.7 Å². The van der Waals surface area contributed by atoms with Crippen molar-refractivity contribution in [3.63, 3.8) is 0 Å². The Morgan fingerprint density at radius 2 is 1.97 bits per heavy atom. The Morgan fingerprint density at radius 1 is 1.29 bits per heavy atom. The van der Waals surface area contributed by atoms with Gasteiger partial charge < -0.3 is 16.4 Å². The maximum atomic E-state index is 13.1. The van der Waals surface area contributed by atoms with Crippen molar-refractivity contribution >= 4 is 35.8 Å². The van der Waals surface area contributed by atoms with Crippen LogP contribution in [0.25, 0.3) is 0 Å². The Balaban J connectivity index is 0.00000341. The van der Waals surface area contributed by atoms with Crippen molar-refractivity contribution in [1.82, 2.24) is 15.5 Å². The SMILES string of the molecule is CN=C(NCC1(c2cccc(C(F)(F)F)c2)CCC1)NC1CCN(CC(N)=O)CC1.I. The number of primary amides is 1. The van der Waals surface area contributed by atoms with Crippen LogP contribution in [0.4, 0.5) is 13.2 Å². The van der Waals surface area contributed by atoms with Gasteiger partial charge in [0.25, 0.3) is 0 Å². The van der Waals surface area contributed by atoms with Crippen molar-refractivity contribution in [3.05, 3.63) is 35.4 Å². The number of halogens is 4. The van der Waals surface area contributed by atoms with Crippen molar-refractivity contribution in [3.8, 4) is 0 Å². The molecule has 2 fully saturated rings. The fourth-order valence-electron chi connectivity index (χ4n) is 4.29.